The zero-order valence-corrected chi connectivity index (χ0v) is 12.2. The zero-order valence-electron chi connectivity index (χ0n) is 11.4. The predicted octanol–water partition coefficient (Wildman–Crippen LogP) is 0.387. The second-order valence-corrected chi connectivity index (χ2v) is 6.43. The summed E-state index contributed by atoms with van der Waals surface area (Å²) < 4.78 is 21.4. The lowest BCUT2D eigenvalue weighted by molar-refractivity contribution is 0.320. The highest BCUT2D eigenvalue weighted by Gasteiger charge is 2.02. The molecule has 6 heteroatoms. The number of nitrogens with two attached hydrogens (primary N) is 1. The Balaban J connectivity index is 2.06. The van der Waals surface area contributed by atoms with Crippen molar-refractivity contribution in [2.24, 2.45) is 5.14 Å². The molecule has 0 unspecified atom stereocenters. The number of primary sulfonamides is 1. The summed E-state index contributed by atoms with van der Waals surface area (Å²) in [4.78, 5) is 2.25. The van der Waals surface area contributed by atoms with Crippen molar-refractivity contribution in [3.63, 3.8) is 0 Å². The maximum Gasteiger partial charge on any atom is 0.210 e. The molecule has 1 aromatic carbocycles. The number of benzene rings is 1. The molecule has 0 amide bonds. The standard InChI is InChI=1S/C13H23N3O2S/c1-16(12-13-6-3-2-4-7-13)10-5-8-15-9-11-19(14,17)18/h2-4,6-7,15H,5,8-12H2,1H3,(H2,14,17,18). The van der Waals surface area contributed by atoms with Gasteiger partial charge in [0.2, 0.25) is 10.0 Å². The SMILES string of the molecule is CN(CCCNCCS(N)(=O)=O)Cc1ccccc1. The molecule has 3 N–H and O–H groups in total. The minimum atomic E-state index is -3.34. The third-order valence-corrected chi connectivity index (χ3v) is 3.53. The second kappa shape index (κ2) is 8.27. The highest BCUT2D eigenvalue weighted by molar-refractivity contribution is 7.89. The Labute approximate surface area is 115 Å². The van der Waals surface area contributed by atoms with Gasteiger partial charge in [-0.25, -0.2) is 13.6 Å². The molecule has 0 saturated heterocycles. The molecule has 0 radical (unpaired) electrons. The van der Waals surface area contributed by atoms with Gasteiger partial charge in [-0.05, 0) is 32.1 Å². The van der Waals surface area contributed by atoms with E-state index < -0.39 is 10.0 Å². The minimum absolute atomic E-state index is 0.00709. The van der Waals surface area contributed by atoms with Crippen LogP contribution in [0.2, 0.25) is 0 Å². The van der Waals surface area contributed by atoms with E-state index in [1.165, 1.54) is 5.56 Å². The molecule has 0 heterocycles. The van der Waals surface area contributed by atoms with Gasteiger partial charge in [-0.3, -0.25) is 0 Å². The number of hydrogen-bond donors (Lipinski definition) is 2. The Hall–Kier alpha value is -0.950. The van der Waals surface area contributed by atoms with Gasteiger partial charge in [-0.15, -0.1) is 0 Å². The molecule has 108 valence electrons. The molecule has 19 heavy (non-hydrogen) atoms. The van der Waals surface area contributed by atoms with E-state index in [9.17, 15) is 8.42 Å². The second-order valence-electron chi connectivity index (χ2n) is 4.69. The molecule has 0 saturated carbocycles. The van der Waals surface area contributed by atoms with Crippen molar-refractivity contribution in [2.75, 3.05) is 32.4 Å². The summed E-state index contributed by atoms with van der Waals surface area (Å²) in [6, 6.07) is 10.3. The first-order valence-electron chi connectivity index (χ1n) is 6.41. The number of nitrogens with zero attached hydrogens (tertiary/aromatic N) is 1. The monoisotopic (exact) mass is 285 g/mol. The van der Waals surface area contributed by atoms with Gasteiger partial charge in [0, 0.05) is 13.1 Å². The maximum absolute atomic E-state index is 10.7. The zero-order chi connectivity index (χ0) is 14.1. The van der Waals surface area contributed by atoms with Gasteiger partial charge in [0.15, 0.2) is 0 Å². The average Bonchev–Trinajstić information content (AvgIpc) is 2.33. The van der Waals surface area contributed by atoms with Crippen LogP contribution in [0.1, 0.15) is 12.0 Å². The van der Waals surface area contributed by atoms with E-state index in [1.54, 1.807) is 0 Å². The third-order valence-electron chi connectivity index (χ3n) is 2.75. The van der Waals surface area contributed by atoms with Crippen LogP contribution in [-0.2, 0) is 16.6 Å². The van der Waals surface area contributed by atoms with Crippen LogP contribution in [0, 0.1) is 0 Å². The number of hydrogen-bond acceptors (Lipinski definition) is 4. The molecular weight excluding hydrogens is 262 g/mol. The molecule has 5 nitrogen and oxygen atoms in total. The lowest BCUT2D eigenvalue weighted by atomic mass is 10.2. The fraction of sp³-hybridized carbons (Fsp3) is 0.538. The van der Waals surface area contributed by atoms with E-state index >= 15 is 0 Å². The van der Waals surface area contributed by atoms with Crippen molar-refractivity contribution in [2.45, 2.75) is 13.0 Å². The largest absolute Gasteiger partial charge is 0.316 e. The molecule has 0 atom stereocenters. The molecule has 0 aliphatic rings. The molecule has 0 aliphatic heterocycles. The van der Waals surface area contributed by atoms with Crippen LogP contribution < -0.4 is 10.5 Å². The summed E-state index contributed by atoms with van der Waals surface area (Å²) in [6.07, 6.45) is 0.980. The van der Waals surface area contributed by atoms with Gasteiger partial charge >= 0.3 is 0 Å². The van der Waals surface area contributed by atoms with Crippen molar-refractivity contribution < 1.29 is 8.42 Å². The number of rotatable bonds is 9. The van der Waals surface area contributed by atoms with Crippen molar-refractivity contribution in [3.05, 3.63) is 35.9 Å². The Morgan fingerprint density at radius 3 is 2.53 bits per heavy atom. The summed E-state index contributed by atoms with van der Waals surface area (Å²) in [5.74, 6) is -0.00709. The molecule has 0 bridgehead atoms. The molecule has 0 aliphatic carbocycles. The Bertz CT molecular complexity index is 448. The molecule has 0 spiro atoms. The van der Waals surface area contributed by atoms with E-state index in [0.29, 0.717) is 6.54 Å². The van der Waals surface area contributed by atoms with E-state index in [1.807, 2.05) is 18.2 Å². The highest BCUT2D eigenvalue weighted by atomic mass is 32.2. The van der Waals surface area contributed by atoms with Crippen molar-refractivity contribution in [3.8, 4) is 0 Å². The Kier molecular flexibility index (Phi) is 7.01. The van der Waals surface area contributed by atoms with E-state index in [0.717, 1.165) is 26.1 Å². The van der Waals surface area contributed by atoms with Gasteiger partial charge in [-0.1, -0.05) is 30.3 Å². The van der Waals surface area contributed by atoms with E-state index in [-0.39, 0.29) is 5.75 Å². The van der Waals surface area contributed by atoms with Crippen molar-refractivity contribution in [1.29, 1.82) is 0 Å². The van der Waals surface area contributed by atoms with Gasteiger partial charge in [0.1, 0.15) is 0 Å². The quantitative estimate of drug-likeness (QED) is 0.644. The van der Waals surface area contributed by atoms with Crippen LogP contribution in [0.15, 0.2) is 30.3 Å². The fourth-order valence-electron chi connectivity index (χ4n) is 1.79. The lowest BCUT2D eigenvalue weighted by Crippen LogP contribution is -2.29. The minimum Gasteiger partial charge on any atom is -0.316 e. The van der Waals surface area contributed by atoms with Crippen LogP contribution in [0.25, 0.3) is 0 Å². The molecule has 0 fully saturated rings. The van der Waals surface area contributed by atoms with Crippen molar-refractivity contribution in [1.82, 2.24) is 10.2 Å². The Morgan fingerprint density at radius 2 is 1.89 bits per heavy atom. The first-order chi connectivity index (χ1) is 8.97. The summed E-state index contributed by atoms with van der Waals surface area (Å²) in [5.41, 5.74) is 1.30. The summed E-state index contributed by atoms with van der Waals surface area (Å²) in [7, 11) is -1.26. The molecule has 1 rings (SSSR count). The molecule has 0 aromatic heterocycles. The van der Waals surface area contributed by atoms with Gasteiger partial charge < -0.3 is 10.2 Å². The third kappa shape index (κ3) is 8.72. The van der Waals surface area contributed by atoms with Crippen LogP contribution in [0.3, 0.4) is 0 Å². The van der Waals surface area contributed by atoms with Crippen LogP contribution in [0.5, 0.6) is 0 Å². The summed E-state index contributed by atoms with van der Waals surface area (Å²) in [5, 5.41) is 7.98. The topological polar surface area (TPSA) is 75.4 Å². The van der Waals surface area contributed by atoms with Crippen LogP contribution in [0.4, 0.5) is 0 Å². The smallest absolute Gasteiger partial charge is 0.210 e. The summed E-state index contributed by atoms with van der Waals surface area (Å²) >= 11 is 0. The summed E-state index contributed by atoms with van der Waals surface area (Å²) in [6.45, 7) is 3.12. The fourth-order valence-corrected chi connectivity index (χ4v) is 2.22. The first kappa shape index (κ1) is 16.1. The highest BCUT2D eigenvalue weighted by Crippen LogP contribution is 2.02. The first-order valence-corrected chi connectivity index (χ1v) is 8.12. The normalized spacial score (nSPS) is 11.9. The van der Waals surface area contributed by atoms with E-state index in [4.69, 9.17) is 5.14 Å². The van der Waals surface area contributed by atoms with Gasteiger partial charge in [0.05, 0.1) is 5.75 Å². The van der Waals surface area contributed by atoms with E-state index in [2.05, 4.69) is 29.4 Å². The lowest BCUT2D eigenvalue weighted by Gasteiger charge is -2.16. The number of nitrogens with one attached hydrogen (secondary N) is 1. The molecular formula is C13H23N3O2S. The Morgan fingerprint density at radius 1 is 1.21 bits per heavy atom. The predicted molar refractivity (Wildman–Crippen MR) is 78.2 cm³/mol. The number of sulfonamides is 1. The van der Waals surface area contributed by atoms with Crippen LogP contribution in [-0.4, -0.2) is 45.8 Å². The molecule has 1 aromatic rings. The van der Waals surface area contributed by atoms with Crippen LogP contribution >= 0.6 is 0 Å². The van der Waals surface area contributed by atoms with Gasteiger partial charge in [0.25, 0.3) is 0 Å². The van der Waals surface area contributed by atoms with Crippen molar-refractivity contribution >= 4 is 10.0 Å². The van der Waals surface area contributed by atoms with Gasteiger partial charge in [-0.2, -0.15) is 0 Å². The maximum atomic E-state index is 10.7. The average molecular weight is 285 g/mol.